The SMILES string of the molecule is C=C(C)C(=O)O.C=C(C)C(=O)O.COC(C)C(C)(C)OC.COC(C)C(C)(C)OC. The van der Waals surface area contributed by atoms with Crippen LogP contribution in [-0.4, -0.2) is 74.0 Å². The molecular formula is C22H44O8. The monoisotopic (exact) mass is 436 g/mol. The second kappa shape index (κ2) is 18.1. The van der Waals surface area contributed by atoms with Gasteiger partial charge in [0.15, 0.2) is 0 Å². The number of hydrogen-bond acceptors (Lipinski definition) is 6. The molecule has 0 bridgehead atoms. The van der Waals surface area contributed by atoms with Crippen molar-refractivity contribution in [2.45, 2.75) is 78.8 Å². The van der Waals surface area contributed by atoms with Gasteiger partial charge in [-0.2, -0.15) is 0 Å². The lowest BCUT2D eigenvalue weighted by Crippen LogP contribution is -2.37. The van der Waals surface area contributed by atoms with Crippen molar-refractivity contribution in [1.29, 1.82) is 0 Å². The van der Waals surface area contributed by atoms with Crippen molar-refractivity contribution in [3.05, 3.63) is 24.3 Å². The summed E-state index contributed by atoms with van der Waals surface area (Å²) < 4.78 is 20.5. The Hall–Kier alpha value is -1.74. The van der Waals surface area contributed by atoms with Crippen LogP contribution in [0.25, 0.3) is 0 Å². The Morgan fingerprint density at radius 1 is 0.700 bits per heavy atom. The van der Waals surface area contributed by atoms with Gasteiger partial charge in [-0.3, -0.25) is 0 Å². The number of carboxylic acids is 2. The molecule has 0 spiro atoms. The number of methoxy groups -OCH3 is 4. The van der Waals surface area contributed by atoms with Crippen LogP contribution in [0, 0.1) is 0 Å². The van der Waals surface area contributed by atoms with Gasteiger partial charge in [-0.25, -0.2) is 9.59 Å². The van der Waals surface area contributed by atoms with E-state index in [1.54, 1.807) is 28.4 Å². The fourth-order valence-electron chi connectivity index (χ4n) is 0.900. The molecule has 0 saturated carbocycles. The van der Waals surface area contributed by atoms with Gasteiger partial charge in [-0.05, 0) is 55.4 Å². The summed E-state index contributed by atoms with van der Waals surface area (Å²) in [7, 11) is 6.75. The van der Waals surface area contributed by atoms with E-state index in [0.29, 0.717) is 0 Å². The maximum absolute atomic E-state index is 9.60. The molecule has 8 heteroatoms. The van der Waals surface area contributed by atoms with Crippen molar-refractivity contribution < 1.29 is 38.7 Å². The third-order valence-electron chi connectivity index (χ3n) is 4.45. The van der Waals surface area contributed by atoms with Crippen LogP contribution < -0.4 is 0 Å². The summed E-state index contributed by atoms with van der Waals surface area (Å²) in [6, 6.07) is 0. The van der Waals surface area contributed by atoms with Gasteiger partial charge in [0.05, 0.1) is 23.4 Å². The zero-order chi connectivity index (χ0) is 25.3. The maximum atomic E-state index is 9.60. The molecule has 0 saturated heterocycles. The molecule has 0 fully saturated rings. The summed E-state index contributed by atoms with van der Waals surface area (Å²) in [4.78, 5) is 19.2. The standard InChI is InChI=1S/2C7H16O2.2C4H6O2/c2*1-6(8-4)7(2,3)9-5;2*1-3(2)4(5)6/h2*6H,1-5H3;2*1H2,2H3,(H,5,6). The number of aliphatic carboxylic acids is 2. The molecule has 0 amide bonds. The van der Waals surface area contributed by atoms with Crippen molar-refractivity contribution in [3.8, 4) is 0 Å². The van der Waals surface area contributed by atoms with E-state index in [4.69, 9.17) is 29.2 Å². The molecule has 2 N–H and O–H groups in total. The minimum atomic E-state index is -0.935. The fraction of sp³-hybridized carbons (Fsp3) is 0.727. The van der Waals surface area contributed by atoms with E-state index in [1.807, 2.05) is 41.5 Å². The molecular weight excluding hydrogens is 392 g/mol. The topological polar surface area (TPSA) is 112 Å². The largest absolute Gasteiger partial charge is 0.478 e. The molecule has 0 aliphatic heterocycles. The number of rotatable bonds is 8. The summed E-state index contributed by atoms with van der Waals surface area (Å²) in [6.45, 7) is 21.2. The molecule has 0 rings (SSSR count). The van der Waals surface area contributed by atoms with E-state index in [1.165, 1.54) is 13.8 Å². The van der Waals surface area contributed by atoms with Gasteiger partial charge < -0.3 is 29.2 Å². The molecule has 0 aliphatic rings. The lowest BCUT2D eigenvalue weighted by molar-refractivity contribution is -0.133. The van der Waals surface area contributed by atoms with Crippen molar-refractivity contribution in [3.63, 3.8) is 0 Å². The molecule has 0 aromatic carbocycles. The Bertz CT molecular complexity index is 439. The van der Waals surface area contributed by atoms with Crippen LogP contribution in [0.4, 0.5) is 0 Å². The van der Waals surface area contributed by atoms with Crippen LogP contribution in [0.1, 0.15) is 55.4 Å². The lowest BCUT2D eigenvalue weighted by Gasteiger charge is -2.28. The highest BCUT2D eigenvalue weighted by atomic mass is 16.5. The molecule has 0 aromatic heterocycles. The average molecular weight is 437 g/mol. The Labute approximate surface area is 182 Å². The van der Waals surface area contributed by atoms with Crippen molar-refractivity contribution in [2.75, 3.05) is 28.4 Å². The Kier molecular flexibility index (Phi) is 21.5. The predicted molar refractivity (Wildman–Crippen MR) is 120 cm³/mol. The minimum absolute atomic E-state index is 0.141. The second-order valence-corrected chi connectivity index (χ2v) is 7.54. The first-order valence-electron chi connectivity index (χ1n) is 9.31. The summed E-state index contributed by atoms with van der Waals surface area (Å²) >= 11 is 0. The fourth-order valence-corrected chi connectivity index (χ4v) is 0.900. The van der Waals surface area contributed by atoms with Gasteiger partial charge in [0.2, 0.25) is 0 Å². The molecule has 2 unspecified atom stereocenters. The Morgan fingerprint density at radius 2 is 0.867 bits per heavy atom. The quantitative estimate of drug-likeness (QED) is 0.545. The van der Waals surface area contributed by atoms with Crippen LogP contribution in [0.5, 0.6) is 0 Å². The zero-order valence-corrected chi connectivity index (χ0v) is 20.9. The molecule has 8 nitrogen and oxygen atoms in total. The van der Waals surface area contributed by atoms with Crippen molar-refractivity contribution in [1.82, 2.24) is 0 Å². The summed E-state index contributed by atoms with van der Waals surface area (Å²) in [5, 5.41) is 15.8. The lowest BCUT2D eigenvalue weighted by atomic mass is 10.0. The zero-order valence-electron chi connectivity index (χ0n) is 20.9. The van der Waals surface area contributed by atoms with Crippen molar-refractivity contribution >= 4 is 11.9 Å². The number of ether oxygens (including phenoxy) is 4. The van der Waals surface area contributed by atoms with Gasteiger partial charge in [0.1, 0.15) is 0 Å². The van der Waals surface area contributed by atoms with E-state index in [-0.39, 0.29) is 34.6 Å². The normalized spacial score (nSPS) is 12.4. The molecule has 0 radical (unpaired) electrons. The van der Waals surface area contributed by atoms with Crippen LogP contribution in [-0.2, 0) is 28.5 Å². The predicted octanol–water partition coefficient (Wildman–Crippen LogP) is 4.19. The highest BCUT2D eigenvalue weighted by Crippen LogP contribution is 2.15. The molecule has 0 aliphatic carbocycles. The first-order chi connectivity index (χ1) is 13.4. The number of carbonyl (C=O) groups is 2. The van der Waals surface area contributed by atoms with Gasteiger partial charge in [0.25, 0.3) is 0 Å². The van der Waals surface area contributed by atoms with Crippen LogP contribution in [0.2, 0.25) is 0 Å². The van der Waals surface area contributed by atoms with E-state index in [0.717, 1.165) is 0 Å². The van der Waals surface area contributed by atoms with Gasteiger partial charge in [-0.1, -0.05) is 13.2 Å². The van der Waals surface area contributed by atoms with E-state index < -0.39 is 11.9 Å². The first-order valence-corrected chi connectivity index (χ1v) is 9.31. The number of hydrogen-bond donors (Lipinski definition) is 2. The first kappa shape index (κ1) is 35.7. The summed E-state index contributed by atoms with van der Waals surface area (Å²) in [5.74, 6) is -1.87. The van der Waals surface area contributed by atoms with Crippen LogP contribution >= 0.6 is 0 Å². The maximum Gasteiger partial charge on any atom is 0.330 e. The van der Waals surface area contributed by atoms with Crippen molar-refractivity contribution in [2.24, 2.45) is 0 Å². The third-order valence-corrected chi connectivity index (χ3v) is 4.45. The van der Waals surface area contributed by atoms with Gasteiger partial charge in [0, 0.05) is 39.6 Å². The molecule has 30 heavy (non-hydrogen) atoms. The molecule has 180 valence electrons. The molecule has 0 heterocycles. The van der Waals surface area contributed by atoms with Crippen LogP contribution in [0.3, 0.4) is 0 Å². The third kappa shape index (κ3) is 21.0. The smallest absolute Gasteiger partial charge is 0.330 e. The Balaban J connectivity index is -0.000000153. The minimum Gasteiger partial charge on any atom is -0.478 e. The highest BCUT2D eigenvalue weighted by Gasteiger charge is 2.25. The highest BCUT2D eigenvalue weighted by molar-refractivity contribution is 5.85. The second-order valence-electron chi connectivity index (χ2n) is 7.54. The summed E-state index contributed by atoms with van der Waals surface area (Å²) in [6.07, 6.45) is 0.282. The Morgan fingerprint density at radius 3 is 0.900 bits per heavy atom. The molecule has 2 atom stereocenters. The van der Waals surface area contributed by atoms with Gasteiger partial charge in [-0.15, -0.1) is 0 Å². The van der Waals surface area contributed by atoms with E-state index in [2.05, 4.69) is 13.2 Å². The van der Waals surface area contributed by atoms with Gasteiger partial charge >= 0.3 is 11.9 Å². The van der Waals surface area contributed by atoms with Crippen LogP contribution in [0.15, 0.2) is 24.3 Å². The average Bonchev–Trinajstić information content (AvgIpc) is 2.67. The van der Waals surface area contributed by atoms with E-state index >= 15 is 0 Å². The van der Waals surface area contributed by atoms with E-state index in [9.17, 15) is 9.59 Å². The summed E-state index contributed by atoms with van der Waals surface area (Å²) in [5.41, 5.74) is 0.00810. The number of carboxylic acid groups (broad SMARTS) is 2. The molecule has 0 aromatic rings.